The summed E-state index contributed by atoms with van der Waals surface area (Å²) < 4.78 is 37.4. The number of likely N-dealkylation sites (N-methyl/N-ethyl adjacent to an activating group) is 1. The lowest BCUT2D eigenvalue weighted by molar-refractivity contribution is -0.137. The van der Waals surface area contributed by atoms with Gasteiger partial charge in [-0.2, -0.15) is 13.2 Å². The molecule has 0 unspecified atom stereocenters. The van der Waals surface area contributed by atoms with Crippen LogP contribution in [0, 0.1) is 0 Å². The van der Waals surface area contributed by atoms with Crippen molar-refractivity contribution in [2.24, 2.45) is 0 Å². The Morgan fingerprint density at radius 2 is 1.75 bits per heavy atom. The number of halogens is 3. The van der Waals surface area contributed by atoms with Gasteiger partial charge in [-0.3, -0.25) is 0 Å². The third-order valence-corrected chi connectivity index (χ3v) is 4.00. The van der Waals surface area contributed by atoms with Gasteiger partial charge in [0.25, 0.3) is 0 Å². The lowest BCUT2D eigenvalue weighted by Gasteiger charge is -2.32. The van der Waals surface area contributed by atoms with Gasteiger partial charge in [-0.1, -0.05) is 0 Å². The van der Waals surface area contributed by atoms with Crippen molar-refractivity contribution in [2.45, 2.75) is 12.6 Å². The van der Waals surface area contributed by atoms with Crippen LogP contribution in [0.1, 0.15) is 12.0 Å². The van der Waals surface area contributed by atoms with E-state index >= 15 is 0 Å². The number of carbonyl (C=O) groups excluding carboxylic acids is 1. The van der Waals surface area contributed by atoms with Gasteiger partial charge < -0.3 is 20.4 Å². The maximum absolute atomic E-state index is 12.5. The van der Waals surface area contributed by atoms with E-state index in [4.69, 9.17) is 0 Å². The molecule has 0 saturated carbocycles. The smallest absolute Gasteiger partial charge is 0.338 e. The van der Waals surface area contributed by atoms with Gasteiger partial charge in [-0.05, 0) is 44.3 Å². The van der Waals surface area contributed by atoms with Gasteiger partial charge in [0.1, 0.15) is 0 Å². The zero-order valence-electron chi connectivity index (χ0n) is 13.7. The van der Waals surface area contributed by atoms with Crippen molar-refractivity contribution in [1.29, 1.82) is 0 Å². The van der Waals surface area contributed by atoms with Crippen molar-refractivity contribution in [3.8, 4) is 0 Å². The minimum Gasteiger partial charge on any atom is -0.338 e. The molecule has 0 aromatic heterocycles. The molecule has 134 valence electrons. The number of urea groups is 1. The average molecular weight is 344 g/mol. The van der Waals surface area contributed by atoms with Gasteiger partial charge in [0.15, 0.2) is 0 Å². The number of carbonyl (C=O) groups is 1. The van der Waals surface area contributed by atoms with Gasteiger partial charge in [0.05, 0.1) is 5.56 Å². The zero-order chi connectivity index (χ0) is 17.6. The van der Waals surface area contributed by atoms with Crippen molar-refractivity contribution >= 4 is 11.7 Å². The van der Waals surface area contributed by atoms with Crippen LogP contribution in [0.25, 0.3) is 0 Å². The summed E-state index contributed by atoms with van der Waals surface area (Å²) in [5.41, 5.74) is -0.403. The minimum atomic E-state index is -4.37. The predicted molar refractivity (Wildman–Crippen MR) is 87.0 cm³/mol. The fourth-order valence-corrected chi connectivity index (χ4v) is 2.49. The van der Waals surface area contributed by atoms with Crippen LogP contribution in [-0.4, -0.2) is 62.1 Å². The number of hydrogen-bond donors (Lipinski definition) is 2. The maximum atomic E-state index is 12.5. The SMILES string of the molecule is CN1CCN(CCCNC(=O)Nc2ccc(C(F)(F)F)cc2)CC1. The second-order valence-corrected chi connectivity index (χ2v) is 5.95. The Morgan fingerprint density at radius 3 is 2.33 bits per heavy atom. The molecular weight excluding hydrogens is 321 g/mol. The maximum Gasteiger partial charge on any atom is 0.416 e. The molecule has 1 saturated heterocycles. The molecule has 0 bridgehead atoms. The Kier molecular flexibility index (Phi) is 6.44. The summed E-state index contributed by atoms with van der Waals surface area (Å²) in [5, 5.41) is 5.24. The molecule has 1 aliphatic heterocycles. The van der Waals surface area contributed by atoms with Crippen molar-refractivity contribution in [3.63, 3.8) is 0 Å². The lowest BCUT2D eigenvalue weighted by Crippen LogP contribution is -2.45. The molecule has 0 aliphatic carbocycles. The minimum absolute atomic E-state index is 0.333. The van der Waals surface area contributed by atoms with Gasteiger partial charge in [0, 0.05) is 38.4 Å². The Hall–Kier alpha value is -1.80. The average Bonchev–Trinajstić information content (AvgIpc) is 2.53. The van der Waals surface area contributed by atoms with E-state index in [1.165, 1.54) is 12.1 Å². The molecule has 2 rings (SSSR count). The van der Waals surface area contributed by atoms with E-state index < -0.39 is 17.8 Å². The molecule has 2 N–H and O–H groups in total. The summed E-state index contributed by atoms with van der Waals surface area (Å²) in [6.45, 7) is 5.64. The van der Waals surface area contributed by atoms with Crippen molar-refractivity contribution < 1.29 is 18.0 Å². The summed E-state index contributed by atoms with van der Waals surface area (Å²) >= 11 is 0. The molecule has 1 aromatic carbocycles. The van der Waals surface area contributed by atoms with Crippen LogP contribution in [0.4, 0.5) is 23.7 Å². The number of nitrogens with zero attached hydrogens (tertiary/aromatic N) is 2. The topological polar surface area (TPSA) is 47.6 Å². The normalized spacial score (nSPS) is 16.8. The second kappa shape index (κ2) is 8.34. The lowest BCUT2D eigenvalue weighted by atomic mass is 10.2. The second-order valence-electron chi connectivity index (χ2n) is 5.95. The summed E-state index contributed by atoms with van der Waals surface area (Å²) in [6, 6.07) is 3.97. The van der Waals surface area contributed by atoms with Crippen LogP contribution in [-0.2, 0) is 6.18 Å². The van der Waals surface area contributed by atoms with Crippen LogP contribution in [0.2, 0.25) is 0 Å². The van der Waals surface area contributed by atoms with Gasteiger partial charge in [-0.25, -0.2) is 4.79 Å². The molecule has 1 fully saturated rings. The monoisotopic (exact) mass is 344 g/mol. The van der Waals surface area contributed by atoms with Crippen molar-refractivity contribution in [2.75, 3.05) is 51.6 Å². The quantitative estimate of drug-likeness (QED) is 0.807. The third kappa shape index (κ3) is 6.01. The first kappa shape index (κ1) is 18.5. The number of nitrogens with one attached hydrogen (secondary N) is 2. The molecule has 0 radical (unpaired) electrons. The number of piperazine rings is 1. The highest BCUT2D eigenvalue weighted by molar-refractivity contribution is 5.89. The predicted octanol–water partition coefficient (Wildman–Crippen LogP) is 2.46. The molecule has 8 heteroatoms. The molecule has 0 atom stereocenters. The van der Waals surface area contributed by atoms with Crippen LogP contribution >= 0.6 is 0 Å². The summed E-state index contributed by atoms with van der Waals surface area (Å²) in [6.07, 6.45) is -3.53. The van der Waals surface area contributed by atoms with E-state index in [1.807, 2.05) is 0 Å². The van der Waals surface area contributed by atoms with E-state index in [0.29, 0.717) is 12.2 Å². The fourth-order valence-electron chi connectivity index (χ4n) is 2.49. The molecule has 1 aliphatic rings. The molecule has 1 aromatic rings. The van der Waals surface area contributed by atoms with Crippen LogP contribution < -0.4 is 10.6 Å². The number of rotatable bonds is 5. The standard InChI is InChI=1S/C16H23F3N4O/c1-22-9-11-23(12-10-22)8-2-7-20-15(24)21-14-5-3-13(4-6-14)16(17,18)19/h3-6H,2,7-12H2,1H3,(H2,20,21,24). The number of benzene rings is 1. The Labute approximate surface area is 139 Å². The summed E-state index contributed by atoms with van der Waals surface area (Å²) in [4.78, 5) is 16.4. The first-order valence-corrected chi connectivity index (χ1v) is 7.97. The van der Waals surface area contributed by atoms with E-state index in [-0.39, 0.29) is 0 Å². The first-order valence-electron chi connectivity index (χ1n) is 7.97. The molecule has 1 heterocycles. The third-order valence-electron chi connectivity index (χ3n) is 4.00. The molecule has 24 heavy (non-hydrogen) atoms. The number of anilines is 1. The number of hydrogen-bond acceptors (Lipinski definition) is 3. The highest BCUT2D eigenvalue weighted by atomic mass is 19.4. The highest BCUT2D eigenvalue weighted by Crippen LogP contribution is 2.29. The largest absolute Gasteiger partial charge is 0.416 e. The molecule has 2 amide bonds. The van der Waals surface area contributed by atoms with Gasteiger partial charge >= 0.3 is 12.2 Å². The van der Waals surface area contributed by atoms with E-state index in [2.05, 4.69) is 27.5 Å². The van der Waals surface area contributed by atoms with Crippen molar-refractivity contribution in [3.05, 3.63) is 29.8 Å². The number of amides is 2. The zero-order valence-corrected chi connectivity index (χ0v) is 13.7. The van der Waals surface area contributed by atoms with Crippen LogP contribution in [0.5, 0.6) is 0 Å². The first-order chi connectivity index (χ1) is 11.3. The molecule has 0 spiro atoms. The van der Waals surface area contributed by atoms with E-state index in [9.17, 15) is 18.0 Å². The summed E-state index contributed by atoms with van der Waals surface area (Å²) in [5.74, 6) is 0. The van der Waals surface area contributed by atoms with E-state index in [1.54, 1.807) is 0 Å². The van der Waals surface area contributed by atoms with Crippen molar-refractivity contribution in [1.82, 2.24) is 15.1 Å². The number of alkyl halides is 3. The summed E-state index contributed by atoms with van der Waals surface area (Å²) in [7, 11) is 2.10. The van der Waals surface area contributed by atoms with Crippen LogP contribution in [0.3, 0.4) is 0 Å². The Bertz CT molecular complexity index is 525. The fraction of sp³-hybridized carbons (Fsp3) is 0.562. The Morgan fingerprint density at radius 1 is 1.12 bits per heavy atom. The van der Waals surface area contributed by atoms with Crippen LogP contribution in [0.15, 0.2) is 24.3 Å². The molecular formula is C16H23F3N4O. The van der Waals surface area contributed by atoms with Gasteiger partial charge in [0.2, 0.25) is 0 Å². The molecule has 5 nitrogen and oxygen atoms in total. The highest BCUT2D eigenvalue weighted by Gasteiger charge is 2.29. The van der Waals surface area contributed by atoms with E-state index in [0.717, 1.165) is 51.3 Å². The van der Waals surface area contributed by atoms with Gasteiger partial charge in [-0.15, -0.1) is 0 Å². The Balaban J connectivity index is 1.64.